The highest BCUT2D eigenvalue weighted by Gasteiger charge is 2.22. The van der Waals surface area contributed by atoms with Gasteiger partial charge in [-0.25, -0.2) is 4.79 Å². The molecule has 0 saturated heterocycles. The summed E-state index contributed by atoms with van der Waals surface area (Å²) in [5.41, 5.74) is 1.32. The molecule has 121 valence electrons. The summed E-state index contributed by atoms with van der Waals surface area (Å²) in [4.78, 5) is 11.6. The van der Waals surface area contributed by atoms with Gasteiger partial charge in [-0.05, 0) is 25.3 Å². The molecule has 0 aliphatic rings. The first-order valence-electron chi connectivity index (χ1n) is 7.63. The van der Waals surface area contributed by atoms with Gasteiger partial charge in [0.05, 0.1) is 0 Å². The third-order valence-electron chi connectivity index (χ3n) is 2.82. The molecule has 0 aromatic heterocycles. The van der Waals surface area contributed by atoms with Crippen LogP contribution in [0.5, 0.6) is 0 Å². The van der Waals surface area contributed by atoms with Gasteiger partial charge in [0.25, 0.3) is 0 Å². The molecular formula is C17H25O4Si. The maximum absolute atomic E-state index is 11.6. The molecule has 0 aliphatic heterocycles. The van der Waals surface area contributed by atoms with Crippen molar-refractivity contribution in [2.45, 2.75) is 40.2 Å². The van der Waals surface area contributed by atoms with E-state index in [1.54, 1.807) is 6.92 Å². The van der Waals surface area contributed by atoms with Gasteiger partial charge in [0.2, 0.25) is 0 Å². The number of benzene rings is 1. The molecule has 4 nitrogen and oxygen atoms in total. The number of carbonyl (C=O) groups excluding carboxylic acids is 1. The molecule has 22 heavy (non-hydrogen) atoms. The molecule has 0 spiro atoms. The lowest BCUT2D eigenvalue weighted by Crippen LogP contribution is -2.40. The zero-order valence-electron chi connectivity index (χ0n) is 13.7. The number of rotatable bonds is 10. The number of hydrogen-bond donors (Lipinski definition) is 0. The Morgan fingerprint density at radius 2 is 1.73 bits per heavy atom. The Morgan fingerprint density at radius 3 is 2.27 bits per heavy atom. The summed E-state index contributed by atoms with van der Waals surface area (Å²) >= 11 is 0. The van der Waals surface area contributed by atoms with Crippen molar-refractivity contribution in [3.05, 3.63) is 42.0 Å². The van der Waals surface area contributed by atoms with Gasteiger partial charge in [0.15, 0.2) is 0 Å². The van der Waals surface area contributed by atoms with Gasteiger partial charge < -0.3 is 13.6 Å². The molecule has 1 aromatic carbocycles. The average Bonchev–Trinajstić information content (AvgIpc) is 2.53. The molecule has 1 radical (unpaired) electrons. The monoisotopic (exact) mass is 321 g/mol. The van der Waals surface area contributed by atoms with E-state index >= 15 is 0 Å². The number of ether oxygens (including phenoxy) is 1. The molecule has 1 aromatic rings. The van der Waals surface area contributed by atoms with Gasteiger partial charge in [-0.2, -0.15) is 0 Å². The van der Waals surface area contributed by atoms with Crippen LogP contribution < -0.4 is 5.19 Å². The van der Waals surface area contributed by atoms with Crippen molar-refractivity contribution in [2.75, 3.05) is 13.2 Å². The zero-order valence-corrected chi connectivity index (χ0v) is 14.7. The average molecular weight is 321 g/mol. The molecule has 0 saturated carbocycles. The van der Waals surface area contributed by atoms with Crippen molar-refractivity contribution in [1.82, 2.24) is 0 Å². The molecule has 0 N–H and O–H groups in total. The van der Waals surface area contributed by atoms with Crippen LogP contribution in [0.15, 0.2) is 36.4 Å². The van der Waals surface area contributed by atoms with E-state index in [4.69, 9.17) is 13.6 Å². The van der Waals surface area contributed by atoms with Crippen molar-refractivity contribution in [2.24, 2.45) is 0 Å². The molecule has 0 atom stereocenters. The fourth-order valence-electron chi connectivity index (χ4n) is 1.70. The largest absolute Gasteiger partial charge is 0.457 e. The Kier molecular flexibility index (Phi) is 8.73. The van der Waals surface area contributed by atoms with E-state index in [2.05, 4.69) is 20.4 Å². The molecule has 0 bridgehead atoms. The van der Waals surface area contributed by atoms with Gasteiger partial charge in [0, 0.05) is 24.0 Å². The predicted octanol–water partition coefficient (Wildman–Crippen LogP) is 2.85. The van der Waals surface area contributed by atoms with Crippen LogP contribution in [-0.4, -0.2) is 28.5 Å². The minimum absolute atomic E-state index is 0.209. The van der Waals surface area contributed by atoms with E-state index < -0.39 is 9.28 Å². The minimum Gasteiger partial charge on any atom is -0.457 e. The van der Waals surface area contributed by atoms with Gasteiger partial charge in [-0.3, -0.25) is 0 Å². The highest BCUT2D eigenvalue weighted by atomic mass is 28.3. The predicted molar refractivity (Wildman–Crippen MR) is 88.9 cm³/mol. The van der Waals surface area contributed by atoms with Crippen molar-refractivity contribution in [3.8, 4) is 0 Å². The van der Waals surface area contributed by atoms with E-state index in [-0.39, 0.29) is 12.6 Å². The second-order valence-electron chi connectivity index (χ2n) is 5.00. The molecule has 0 fully saturated rings. The first-order valence-corrected chi connectivity index (χ1v) is 8.95. The third kappa shape index (κ3) is 6.13. The zero-order chi connectivity index (χ0) is 16.4. The van der Waals surface area contributed by atoms with Crippen molar-refractivity contribution in [1.29, 1.82) is 0 Å². The Bertz CT molecular complexity index is 479. The van der Waals surface area contributed by atoms with E-state index in [1.807, 2.05) is 24.3 Å². The number of esters is 1. The Balaban J connectivity index is 2.85. The molecule has 0 heterocycles. The summed E-state index contributed by atoms with van der Waals surface area (Å²) in [5.74, 6) is -0.382. The van der Waals surface area contributed by atoms with Crippen molar-refractivity contribution in [3.63, 3.8) is 0 Å². The van der Waals surface area contributed by atoms with E-state index in [9.17, 15) is 4.79 Å². The van der Waals surface area contributed by atoms with Crippen LogP contribution in [0.3, 0.4) is 0 Å². The summed E-state index contributed by atoms with van der Waals surface area (Å²) in [6, 6.07) is 7.81. The number of hydrogen-bond acceptors (Lipinski definition) is 4. The van der Waals surface area contributed by atoms with Crippen LogP contribution in [0, 0.1) is 0 Å². The van der Waals surface area contributed by atoms with Gasteiger partial charge in [-0.15, -0.1) is 0 Å². The number of carbonyl (C=O) groups is 1. The fraction of sp³-hybridized carbons (Fsp3) is 0.471. The summed E-state index contributed by atoms with van der Waals surface area (Å²) < 4.78 is 17.0. The normalized spacial score (nSPS) is 10.7. The van der Waals surface area contributed by atoms with Crippen molar-refractivity contribution >= 4 is 20.4 Å². The Morgan fingerprint density at radius 1 is 1.14 bits per heavy atom. The summed E-state index contributed by atoms with van der Waals surface area (Å²) in [6.45, 7) is 10.9. The maximum Gasteiger partial charge on any atom is 0.424 e. The fourth-order valence-corrected chi connectivity index (χ4v) is 3.52. The second-order valence-corrected chi connectivity index (χ2v) is 6.69. The molecule has 0 unspecified atom stereocenters. The smallest absolute Gasteiger partial charge is 0.424 e. The summed E-state index contributed by atoms with van der Waals surface area (Å²) in [6.07, 6.45) is 1.88. The lowest BCUT2D eigenvalue weighted by Gasteiger charge is -2.18. The highest BCUT2D eigenvalue weighted by molar-refractivity contribution is 6.61. The molecule has 0 amide bonds. The van der Waals surface area contributed by atoms with Crippen LogP contribution in [0.1, 0.15) is 39.2 Å². The summed E-state index contributed by atoms with van der Waals surface area (Å²) in [7, 11) is -1.56. The third-order valence-corrected chi connectivity index (χ3v) is 4.68. The molecular weight excluding hydrogens is 296 g/mol. The molecule has 1 rings (SSSR count). The first kappa shape index (κ1) is 18.6. The molecule has 5 heteroatoms. The van der Waals surface area contributed by atoms with Crippen LogP contribution >= 0.6 is 0 Å². The Hall–Kier alpha value is -1.43. The summed E-state index contributed by atoms with van der Waals surface area (Å²) in [5, 5.41) is 1.00. The van der Waals surface area contributed by atoms with E-state index in [1.165, 1.54) is 0 Å². The van der Waals surface area contributed by atoms with Crippen LogP contribution in [0.2, 0.25) is 0 Å². The van der Waals surface area contributed by atoms with E-state index in [0.717, 1.165) is 23.6 Å². The lowest BCUT2D eigenvalue weighted by molar-refractivity contribution is -0.140. The van der Waals surface area contributed by atoms with Crippen LogP contribution in [0.4, 0.5) is 0 Å². The topological polar surface area (TPSA) is 44.8 Å². The first-order chi connectivity index (χ1) is 10.6. The van der Waals surface area contributed by atoms with Crippen molar-refractivity contribution < 1.29 is 18.4 Å². The van der Waals surface area contributed by atoms with Gasteiger partial charge in [-0.1, -0.05) is 44.7 Å². The standard InChI is InChI=1S/C17H25O4Si/c1-5-11-20-22(21-12-6-2)16-10-8-7-9-15(16)13-19-17(18)14(3)4/h7-10H,3,5-6,11-13H2,1-2,4H3. The van der Waals surface area contributed by atoms with Crippen LogP contribution in [0.25, 0.3) is 0 Å². The van der Waals surface area contributed by atoms with Gasteiger partial charge in [0.1, 0.15) is 6.61 Å². The maximum atomic E-state index is 11.6. The Labute approximate surface area is 134 Å². The quantitative estimate of drug-likeness (QED) is 0.378. The van der Waals surface area contributed by atoms with Gasteiger partial charge >= 0.3 is 15.3 Å². The second kappa shape index (κ2) is 10.3. The van der Waals surface area contributed by atoms with Crippen LogP contribution in [-0.2, 0) is 25.0 Å². The lowest BCUT2D eigenvalue weighted by atomic mass is 10.2. The molecule has 0 aliphatic carbocycles. The minimum atomic E-state index is -1.56. The highest BCUT2D eigenvalue weighted by Crippen LogP contribution is 2.06. The SMILES string of the molecule is C=C(C)C(=O)OCc1ccccc1[Si](OCCC)OCCC. The van der Waals surface area contributed by atoms with E-state index in [0.29, 0.717) is 18.8 Å².